The highest BCUT2D eigenvalue weighted by Crippen LogP contribution is 2.69. The smallest absolute Gasteiger partial charge is 0.223 e. The summed E-state index contributed by atoms with van der Waals surface area (Å²) < 4.78 is 6.64. The first-order valence-electron chi connectivity index (χ1n) is 13.4. The molecule has 5 aliphatic rings. The highest BCUT2D eigenvalue weighted by molar-refractivity contribution is 5.95. The molecule has 0 amide bonds. The molecule has 3 aliphatic carbocycles. The van der Waals surface area contributed by atoms with Gasteiger partial charge in [-0.15, -0.1) is 0 Å². The predicted octanol–water partition coefficient (Wildman–Crippen LogP) is 1.79. The topological polar surface area (TPSA) is 171 Å². The van der Waals surface area contributed by atoms with Crippen molar-refractivity contribution in [3.63, 3.8) is 0 Å². The van der Waals surface area contributed by atoms with Gasteiger partial charge in [-0.05, 0) is 73.5 Å². The molecule has 8 rings (SSSR count). The second-order valence-electron chi connectivity index (χ2n) is 11.7. The van der Waals surface area contributed by atoms with Gasteiger partial charge >= 0.3 is 0 Å². The van der Waals surface area contributed by atoms with E-state index in [9.17, 15) is 10.2 Å². The molecule has 38 heavy (non-hydrogen) atoms. The number of fused-ring (bicyclic) bond motifs is 4. The Morgan fingerprint density at radius 2 is 2.03 bits per heavy atom. The average Bonchev–Trinajstić information content (AvgIpc) is 3.51. The number of ether oxygens (including phenoxy) is 1. The van der Waals surface area contributed by atoms with Crippen LogP contribution in [0.3, 0.4) is 0 Å². The summed E-state index contributed by atoms with van der Waals surface area (Å²) in [6.07, 6.45) is 4.12. The van der Waals surface area contributed by atoms with Crippen molar-refractivity contribution in [1.29, 1.82) is 0 Å². The number of nitrogens with two attached hydrogens (primary N) is 3. The first kappa shape index (κ1) is 22.2. The Bertz CT molecular complexity index is 1590. The van der Waals surface area contributed by atoms with Crippen molar-refractivity contribution >= 4 is 28.5 Å². The summed E-state index contributed by atoms with van der Waals surface area (Å²) in [5.74, 6) is 1.21. The monoisotopic (exact) mass is 513 g/mol. The molecule has 9 N–H and O–H groups in total. The number of aliphatic imine (C=N–C) groups is 2. The molecule has 2 aromatic carbocycles. The maximum Gasteiger partial charge on any atom is 0.223 e. The minimum Gasteiger partial charge on any atom is -0.504 e. The van der Waals surface area contributed by atoms with Crippen molar-refractivity contribution in [1.82, 2.24) is 9.88 Å². The minimum absolute atomic E-state index is 0.0252. The minimum atomic E-state index is -1.05. The van der Waals surface area contributed by atoms with Crippen LogP contribution in [0.25, 0.3) is 10.9 Å². The molecule has 1 unspecified atom stereocenters. The number of hydrogen-bond acceptors (Lipinski definition) is 5. The largest absolute Gasteiger partial charge is 0.504 e. The maximum absolute atomic E-state index is 12.9. The Balaban J connectivity index is 1.33. The third kappa shape index (κ3) is 2.74. The second kappa shape index (κ2) is 7.21. The van der Waals surface area contributed by atoms with Crippen molar-refractivity contribution in [3.05, 3.63) is 52.7 Å². The summed E-state index contributed by atoms with van der Waals surface area (Å²) in [4.78, 5) is 14.3. The zero-order valence-corrected chi connectivity index (χ0v) is 20.9. The van der Waals surface area contributed by atoms with E-state index in [1.165, 1.54) is 18.4 Å². The Hall–Kier alpha value is -3.76. The molecule has 1 saturated carbocycles. The van der Waals surface area contributed by atoms with Gasteiger partial charge in [-0.2, -0.15) is 4.99 Å². The van der Waals surface area contributed by atoms with E-state index in [0.29, 0.717) is 17.9 Å². The molecule has 0 radical (unpaired) electrons. The lowest BCUT2D eigenvalue weighted by atomic mass is 9.49. The number of piperidine rings is 1. The molecule has 196 valence electrons. The molecule has 3 heterocycles. The number of nitrogens with one attached hydrogen (secondary N) is 1. The van der Waals surface area contributed by atoms with Gasteiger partial charge in [0.05, 0.1) is 22.4 Å². The number of guanidine groups is 2. The van der Waals surface area contributed by atoms with Crippen LogP contribution in [0.5, 0.6) is 11.5 Å². The number of nitrogens with zero attached hydrogens (tertiary/aromatic N) is 3. The molecule has 2 bridgehead atoms. The summed E-state index contributed by atoms with van der Waals surface area (Å²) in [5, 5.41) is 24.8. The number of aromatic hydroxyl groups is 1. The van der Waals surface area contributed by atoms with Crippen LogP contribution in [-0.4, -0.2) is 56.7 Å². The van der Waals surface area contributed by atoms with Crippen LogP contribution in [0, 0.1) is 5.92 Å². The molecule has 2 fully saturated rings. The Labute approximate surface area is 219 Å². The van der Waals surface area contributed by atoms with Crippen LogP contribution >= 0.6 is 0 Å². The number of phenols is 1. The van der Waals surface area contributed by atoms with Crippen molar-refractivity contribution in [2.75, 3.05) is 13.1 Å². The highest BCUT2D eigenvalue weighted by atomic mass is 16.5. The van der Waals surface area contributed by atoms with Crippen LogP contribution in [-0.2, 0) is 18.3 Å². The molecule has 1 aromatic heterocycles. The van der Waals surface area contributed by atoms with Gasteiger partial charge in [0.2, 0.25) is 5.96 Å². The standard InChI is InChI=1S/C28H31N7O3/c29-25(30)34-26(31)32-15-4-5-18-16(10-15)17-11-28(37)20-9-14-3-6-19(36)23-21(14)27(28,24(38-23)22(17)33-18)7-8-35(20)12-13-1-2-13/h3-6,10,13,20,24,33,36-37H,1-2,7-9,11-12H2,(H6,29,30,31,32,34)/t20?,24-,27-,28+/m0/s1. The van der Waals surface area contributed by atoms with E-state index < -0.39 is 17.1 Å². The fraction of sp³-hybridized carbons (Fsp3) is 0.429. The first-order chi connectivity index (χ1) is 18.3. The Kier molecular flexibility index (Phi) is 4.22. The number of rotatable bonds is 3. The molecular formula is C28H31N7O3. The van der Waals surface area contributed by atoms with Gasteiger partial charge in [0.15, 0.2) is 23.6 Å². The molecule has 10 nitrogen and oxygen atoms in total. The summed E-state index contributed by atoms with van der Waals surface area (Å²) in [6.45, 7) is 1.94. The number of hydrogen-bond donors (Lipinski definition) is 6. The zero-order chi connectivity index (χ0) is 26.0. The van der Waals surface area contributed by atoms with Crippen LogP contribution < -0.4 is 21.9 Å². The van der Waals surface area contributed by atoms with E-state index in [1.807, 2.05) is 24.3 Å². The summed E-state index contributed by atoms with van der Waals surface area (Å²) >= 11 is 0. The molecule has 10 heteroatoms. The third-order valence-electron chi connectivity index (χ3n) is 9.63. The van der Waals surface area contributed by atoms with E-state index in [-0.39, 0.29) is 23.7 Å². The van der Waals surface area contributed by atoms with Gasteiger partial charge < -0.3 is 37.1 Å². The number of phenolic OH excluding ortho intramolecular Hbond substituents is 1. The summed E-state index contributed by atoms with van der Waals surface area (Å²) in [5.41, 5.74) is 20.8. The Morgan fingerprint density at radius 3 is 2.82 bits per heavy atom. The zero-order valence-electron chi connectivity index (χ0n) is 20.9. The highest BCUT2D eigenvalue weighted by Gasteiger charge is 2.72. The van der Waals surface area contributed by atoms with Crippen LogP contribution in [0.4, 0.5) is 5.69 Å². The van der Waals surface area contributed by atoms with E-state index in [0.717, 1.165) is 59.6 Å². The van der Waals surface area contributed by atoms with Gasteiger partial charge in [-0.3, -0.25) is 4.90 Å². The molecule has 3 aromatic rings. The lowest BCUT2D eigenvalue weighted by molar-refractivity contribution is -0.173. The van der Waals surface area contributed by atoms with Gasteiger partial charge in [0.25, 0.3) is 0 Å². The maximum atomic E-state index is 12.9. The average molecular weight is 514 g/mol. The molecular weight excluding hydrogens is 482 g/mol. The quantitative estimate of drug-likeness (QED) is 0.229. The van der Waals surface area contributed by atoms with E-state index in [1.54, 1.807) is 6.07 Å². The van der Waals surface area contributed by atoms with Crippen molar-refractivity contribution in [2.45, 2.75) is 55.3 Å². The molecule has 1 spiro atoms. The number of aromatic amines is 1. The van der Waals surface area contributed by atoms with E-state index in [4.69, 9.17) is 21.9 Å². The van der Waals surface area contributed by atoms with Crippen LogP contribution in [0.15, 0.2) is 40.3 Å². The SMILES string of the molecule is NC(N)=NC(N)=Nc1ccc2[nH]c3c(c2c1)C[C@@]1(O)C2Cc4ccc(O)c5c4[C@@]1(CCN2CC1CC1)[C@H]3O5. The number of H-pyrrole nitrogens is 1. The number of aliphatic hydroxyl groups is 1. The molecule has 2 aliphatic heterocycles. The Morgan fingerprint density at radius 1 is 1.18 bits per heavy atom. The normalized spacial score (nSPS) is 31.0. The lowest BCUT2D eigenvalue weighted by Gasteiger charge is -2.62. The fourth-order valence-corrected chi connectivity index (χ4v) is 7.97. The third-order valence-corrected chi connectivity index (χ3v) is 9.63. The van der Waals surface area contributed by atoms with Crippen molar-refractivity contribution in [3.8, 4) is 11.5 Å². The second-order valence-corrected chi connectivity index (χ2v) is 11.7. The predicted molar refractivity (Wildman–Crippen MR) is 144 cm³/mol. The summed E-state index contributed by atoms with van der Waals surface area (Å²) in [7, 11) is 0. The fourth-order valence-electron chi connectivity index (χ4n) is 7.97. The van der Waals surface area contributed by atoms with Crippen LogP contribution in [0.2, 0.25) is 0 Å². The van der Waals surface area contributed by atoms with Crippen LogP contribution in [0.1, 0.15) is 47.8 Å². The molecule has 4 atom stereocenters. The number of benzene rings is 2. The van der Waals surface area contributed by atoms with Gasteiger partial charge in [0.1, 0.15) is 0 Å². The van der Waals surface area contributed by atoms with Gasteiger partial charge in [-0.1, -0.05) is 6.07 Å². The first-order valence-corrected chi connectivity index (χ1v) is 13.4. The van der Waals surface area contributed by atoms with Gasteiger partial charge in [-0.25, -0.2) is 4.99 Å². The van der Waals surface area contributed by atoms with E-state index >= 15 is 0 Å². The lowest BCUT2D eigenvalue weighted by Crippen LogP contribution is -2.74. The summed E-state index contributed by atoms with van der Waals surface area (Å²) in [6, 6.07) is 9.50. The van der Waals surface area contributed by atoms with Crippen molar-refractivity contribution in [2.24, 2.45) is 33.1 Å². The van der Waals surface area contributed by atoms with Gasteiger partial charge in [0, 0.05) is 35.5 Å². The van der Waals surface area contributed by atoms with E-state index in [2.05, 4.69) is 19.9 Å². The van der Waals surface area contributed by atoms with Crippen molar-refractivity contribution < 1.29 is 14.9 Å². The number of aromatic nitrogens is 1. The molecule has 1 saturated heterocycles. The number of likely N-dealkylation sites (tertiary alicyclic amines) is 1.